The van der Waals surface area contributed by atoms with Gasteiger partial charge < -0.3 is 18.5 Å². The number of pyridine rings is 1. The molecule has 10 nitrogen and oxygen atoms in total. The standard InChI is InChI=1S/C26H25F2N5O5/c1-26(2,3)38-24(34)32-10-8-15(9-11-32)16-5-7-19-20(12-16)36-25(35)33(19)14-18-6-4-17(13-29-18)22-30-31-23(37-22)21(27)28/h4-8,12-13,21H,9-11,14H2,1-3H3. The molecule has 4 aromatic rings. The first kappa shape index (κ1) is 25.3. The lowest BCUT2D eigenvalue weighted by molar-refractivity contribution is 0.0270. The molecule has 0 spiro atoms. The van der Waals surface area contributed by atoms with Gasteiger partial charge in [0.2, 0.25) is 5.89 Å². The van der Waals surface area contributed by atoms with E-state index < -0.39 is 23.7 Å². The number of halogens is 2. The molecule has 3 aromatic heterocycles. The Morgan fingerprint density at radius 2 is 1.92 bits per heavy atom. The molecule has 1 aliphatic heterocycles. The summed E-state index contributed by atoms with van der Waals surface area (Å²) in [6, 6.07) is 8.79. The Hall–Kier alpha value is -4.35. The summed E-state index contributed by atoms with van der Waals surface area (Å²) < 4.78 is 42.7. The molecule has 198 valence electrons. The van der Waals surface area contributed by atoms with Gasteiger partial charge in [0, 0.05) is 19.3 Å². The van der Waals surface area contributed by atoms with Crippen LogP contribution in [0, 0.1) is 0 Å². The van der Waals surface area contributed by atoms with E-state index in [0.29, 0.717) is 41.9 Å². The second-order valence-electron chi connectivity index (χ2n) is 9.83. The third-order valence-electron chi connectivity index (χ3n) is 5.92. The fraction of sp³-hybridized carbons (Fsp3) is 0.346. The van der Waals surface area contributed by atoms with Gasteiger partial charge in [-0.3, -0.25) is 9.55 Å². The highest BCUT2D eigenvalue weighted by molar-refractivity contribution is 5.80. The minimum absolute atomic E-state index is 0.0657. The fourth-order valence-corrected chi connectivity index (χ4v) is 4.09. The van der Waals surface area contributed by atoms with Gasteiger partial charge in [0.25, 0.3) is 5.89 Å². The summed E-state index contributed by atoms with van der Waals surface area (Å²) in [7, 11) is 0. The topological polar surface area (TPSA) is 116 Å². The van der Waals surface area contributed by atoms with Crippen molar-refractivity contribution < 1.29 is 27.1 Å². The number of benzene rings is 1. The molecule has 1 amide bonds. The van der Waals surface area contributed by atoms with E-state index in [1.165, 1.54) is 10.8 Å². The van der Waals surface area contributed by atoms with Crippen molar-refractivity contribution >= 4 is 22.8 Å². The molecule has 4 heterocycles. The highest BCUT2D eigenvalue weighted by atomic mass is 19.3. The lowest BCUT2D eigenvalue weighted by Crippen LogP contribution is -2.39. The summed E-state index contributed by atoms with van der Waals surface area (Å²) in [6.45, 7) is 6.60. The largest absolute Gasteiger partial charge is 0.444 e. The maximum atomic E-state index is 12.7. The Balaban J connectivity index is 1.31. The predicted octanol–water partition coefficient (Wildman–Crippen LogP) is 5.05. The van der Waals surface area contributed by atoms with Crippen LogP contribution in [0.5, 0.6) is 0 Å². The van der Waals surface area contributed by atoms with E-state index in [1.54, 1.807) is 17.0 Å². The van der Waals surface area contributed by atoms with Crippen LogP contribution in [-0.4, -0.2) is 49.4 Å². The van der Waals surface area contributed by atoms with Crippen LogP contribution in [0.4, 0.5) is 13.6 Å². The number of amides is 1. The summed E-state index contributed by atoms with van der Waals surface area (Å²) in [5, 5.41) is 6.91. The van der Waals surface area contributed by atoms with E-state index in [2.05, 4.69) is 15.2 Å². The number of fused-ring (bicyclic) bond motifs is 1. The van der Waals surface area contributed by atoms with Gasteiger partial charge in [-0.1, -0.05) is 12.1 Å². The number of aromatic nitrogens is 4. The van der Waals surface area contributed by atoms with Gasteiger partial charge in [-0.05, 0) is 62.6 Å². The fourth-order valence-electron chi connectivity index (χ4n) is 4.09. The number of carbonyl (C=O) groups is 1. The number of carbonyl (C=O) groups excluding carboxylic acids is 1. The molecule has 0 bridgehead atoms. The summed E-state index contributed by atoms with van der Waals surface area (Å²) in [4.78, 5) is 30.9. The van der Waals surface area contributed by atoms with Crippen molar-refractivity contribution in [2.24, 2.45) is 0 Å². The number of hydrogen-bond donors (Lipinski definition) is 0. The van der Waals surface area contributed by atoms with Crippen LogP contribution >= 0.6 is 0 Å². The molecule has 0 aliphatic carbocycles. The molecule has 0 saturated carbocycles. The molecule has 1 aromatic carbocycles. The smallest absolute Gasteiger partial charge is 0.420 e. The van der Waals surface area contributed by atoms with E-state index in [0.717, 1.165) is 11.1 Å². The maximum absolute atomic E-state index is 12.7. The molecule has 0 atom stereocenters. The molecule has 12 heteroatoms. The Labute approximate surface area is 215 Å². The predicted molar refractivity (Wildman–Crippen MR) is 132 cm³/mol. The van der Waals surface area contributed by atoms with Crippen LogP contribution in [-0.2, 0) is 11.3 Å². The molecular weight excluding hydrogens is 500 g/mol. The average Bonchev–Trinajstić information content (AvgIpc) is 3.49. The SMILES string of the molecule is CC(C)(C)OC(=O)N1CC=C(c2ccc3c(c2)oc(=O)n3Cc2ccc(-c3nnc(C(F)F)o3)cn2)CC1. The van der Waals surface area contributed by atoms with Gasteiger partial charge in [-0.25, -0.2) is 9.59 Å². The molecule has 38 heavy (non-hydrogen) atoms. The van der Waals surface area contributed by atoms with E-state index in [9.17, 15) is 18.4 Å². The Morgan fingerprint density at radius 3 is 2.55 bits per heavy atom. The summed E-state index contributed by atoms with van der Waals surface area (Å²) in [6.07, 6.45) is 0.835. The van der Waals surface area contributed by atoms with Crippen molar-refractivity contribution in [1.82, 2.24) is 24.6 Å². The summed E-state index contributed by atoms with van der Waals surface area (Å²) in [5.74, 6) is -1.36. The van der Waals surface area contributed by atoms with Crippen LogP contribution in [0.15, 0.2) is 56.2 Å². The quantitative estimate of drug-likeness (QED) is 0.355. The Kier molecular flexibility index (Phi) is 6.55. The lowest BCUT2D eigenvalue weighted by atomic mass is 9.99. The first-order valence-electron chi connectivity index (χ1n) is 11.9. The normalized spacial score (nSPS) is 14.3. The molecule has 0 radical (unpaired) electrons. The molecule has 0 unspecified atom stereocenters. The summed E-state index contributed by atoms with van der Waals surface area (Å²) in [5.41, 5.74) is 3.38. The zero-order valence-corrected chi connectivity index (χ0v) is 21.0. The number of rotatable bonds is 5. The van der Waals surface area contributed by atoms with Gasteiger partial charge >= 0.3 is 18.3 Å². The number of oxazole rings is 1. The van der Waals surface area contributed by atoms with Crippen molar-refractivity contribution in [1.29, 1.82) is 0 Å². The second kappa shape index (κ2) is 9.84. The monoisotopic (exact) mass is 525 g/mol. The Bertz CT molecular complexity index is 1560. The van der Waals surface area contributed by atoms with Crippen molar-refractivity contribution in [3.05, 3.63) is 70.3 Å². The first-order chi connectivity index (χ1) is 18.1. The first-order valence-corrected chi connectivity index (χ1v) is 11.9. The van der Waals surface area contributed by atoms with Crippen LogP contribution in [0.25, 0.3) is 28.1 Å². The van der Waals surface area contributed by atoms with Gasteiger partial charge in [0.1, 0.15) is 5.60 Å². The van der Waals surface area contributed by atoms with Gasteiger partial charge in [-0.2, -0.15) is 8.78 Å². The third kappa shape index (κ3) is 5.34. The zero-order chi connectivity index (χ0) is 27.0. The zero-order valence-electron chi connectivity index (χ0n) is 21.0. The third-order valence-corrected chi connectivity index (χ3v) is 5.92. The molecule has 0 N–H and O–H groups in total. The van der Waals surface area contributed by atoms with Crippen molar-refractivity contribution in [2.45, 2.75) is 45.8 Å². The summed E-state index contributed by atoms with van der Waals surface area (Å²) >= 11 is 0. The minimum atomic E-state index is -2.86. The number of nitrogens with zero attached hydrogens (tertiary/aromatic N) is 5. The highest BCUT2D eigenvalue weighted by Crippen LogP contribution is 2.27. The maximum Gasteiger partial charge on any atom is 0.420 e. The van der Waals surface area contributed by atoms with Crippen molar-refractivity contribution in [3.63, 3.8) is 0 Å². The van der Waals surface area contributed by atoms with E-state index in [-0.39, 0.29) is 18.5 Å². The minimum Gasteiger partial charge on any atom is -0.444 e. The molecular formula is C26H25F2N5O5. The number of alkyl halides is 2. The van der Waals surface area contributed by atoms with E-state index >= 15 is 0 Å². The molecule has 0 saturated heterocycles. The average molecular weight is 526 g/mol. The van der Waals surface area contributed by atoms with Crippen LogP contribution < -0.4 is 5.76 Å². The van der Waals surface area contributed by atoms with Crippen LogP contribution in [0.2, 0.25) is 0 Å². The van der Waals surface area contributed by atoms with Gasteiger partial charge in [0.05, 0.1) is 23.3 Å². The van der Waals surface area contributed by atoms with Gasteiger partial charge in [0.15, 0.2) is 5.58 Å². The highest BCUT2D eigenvalue weighted by Gasteiger charge is 2.24. The van der Waals surface area contributed by atoms with E-state index in [4.69, 9.17) is 13.6 Å². The van der Waals surface area contributed by atoms with Crippen LogP contribution in [0.3, 0.4) is 0 Å². The van der Waals surface area contributed by atoms with Crippen molar-refractivity contribution in [3.8, 4) is 11.5 Å². The Morgan fingerprint density at radius 1 is 1.13 bits per heavy atom. The molecule has 5 rings (SSSR count). The van der Waals surface area contributed by atoms with E-state index in [1.807, 2.05) is 45.0 Å². The second-order valence-corrected chi connectivity index (χ2v) is 9.83. The molecule has 1 aliphatic rings. The number of hydrogen-bond acceptors (Lipinski definition) is 8. The lowest BCUT2D eigenvalue weighted by Gasteiger charge is -2.29. The number of ether oxygens (including phenoxy) is 1. The van der Waals surface area contributed by atoms with Crippen molar-refractivity contribution in [2.75, 3.05) is 13.1 Å². The molecule has 0 fully saturated rings. The van der Waals surface area contributed by atoms with Crippen LogP contribution in [0.1, 0.15) is 50.8 Å². The van der Waals surface area contributed by atoms with Gasteiger partial charge in [-0.15, -0.1) is 10.2 Å².